The number of ketones is 2. The van der Waals surface area contributed by atoms with E-state index in [1.54, 1.807) is 0 Å². The minimum atomic E-state index is -0.391. The molecule has 4 rings (SSSR count). The molecule has 0 aromatic rings. The molecule has 4 aliphatic rings. The van der Waals surface area contributed by atoms with E-state index in [4.69, 9.17) is 0 Å². The molecule has 0 aromatic carbocycles. The van der Waals surface area contributed by atoms with Crippen LogP contribution in [0.15, 0.2) is 11.6 Å². The lowest BCUT2D eigenvalue weighted by molar-refractivity contribution is -0.144. The van der Waals surface area contributed by atoms with Gasteiger partial charge in [-0.2, -0.15) is 0 Å². The van der Waals surface area contributed by atoms with Crippen LogP contribution in [-0.4, -0.2) is 22.8 Å². The molecule has 3 heteroatoms. The fraction of sp³-hybridized carbons (Fsp3) is 0.789. The topological polar surface area (TPSA) is 54.4 Å². The molecule has 0 radical (unpaired) electrons. The van der Waals surface area contributed by atoms with Gasteiger partial charge in [-0.05, 0) is 61.3 Å². The van der Waals surface area contributed by atoms with E-state index in [-0.39, 0.29) is 17.1 Å². The van der Waals surface area contributed by atoms with Gasteiger partial charge in [0.1, 0.15) is 5.78 Å². The van der Waals surface area contributed by atoms with Crippen molar-refractivity contribution in [3.8, 4) is 0 Å². The molecular weight excluding hydrogens is 276 g/mol. The van der Waals surface area contributed by atoms with E-state index in [0.29, 0.717) is 48.7 Å². The number of carbonyl (C=O) groups excluding carboxylic acids is 2. The lowest BCUT2D eigenvalue weighted by atomic mass is 9.49. The number of aliphatic hydroxyl groups is 1. The van der Waals surface area contributed by atoms with Gasteiger partial charge in [-0.15, -0.1) is 0 Å². The van der Waals surface area contributed by atoms with Crippen LogP contribution in [0.4, 0.5) is 0 Å². The molecule has 3 saturated carbocycles. The minimum Gasteiger partial charge on any atom is -0.393 e. The van der Waals surface area contributed by atoms with Crippen molar-refractivity contribution in [2.45, 2.75) is 58.5 Å². The van der Waals surface area contributed by atoms with Crippen molar-refractivity contribution in [3.63, 3.8) is 0 Å². The Hall–Kier alpha value is -0.960. The van der Waals surface area contributed by atoms with Gasteiger partial charge in [0.2, 0.25) is 0 Å². The van der Waals surface area contributed by atoms with E-state index in [1.165, 1.54) is 5.57 Å². The Morgan fingerprint density at radius 2 is 1.95 bits per heavy atom. The summed E-state index contributed by atoms with van der Waals surface area (Å²) in [6.45, 7) is 4.35. The first kappa shape index (κ1) is 14.6. The lowest BCUT2D eigenvalue weighted by Crippen LogP contribution is -2.55. The van der Waals surface area contributed by atoms with Crippen LogP contribution in [-0.2, 0) is 9.59 Å². The van der Waals surface area contributed by atoms with Crippen LogP contribution in [0.3, 0.4) is 0 Å². The second-order valence-corrected chi connectivity index (χ2v) is 8.42. The Kier molecular flexibility index (Phi) is 3.17. The first-order valence-corrected chi connectivity index (χ1v) is 8.86. The Morgan fingerprint density at radius 3 is 2.73 bits per heavy atom. The summed E-state index contributed by atoms with van der Waals surface area (Å²) in [5.41, 5.74) is 0.970. The fourth-order valence-electron chi connectivity index (χ4n) is 6.41. The Labute approximate surface area is 132 Å². The highest BCUT2D eigenvalue weighted by Gasteiger charge is 2.60. The molecule has 120 valence electrons. The van der Waals surface area contributed by atoms with Gasteiger partial charge in [-0.25, -0.2) is 0 Å². The number of aliphatic hydroxyl groups excluding tert-OH is 1. The van der Waals surface area contributed by atoms with Crippen molar-refractivity contribution >= 4 is 11.6 Å². The quantitative estimate of drug-likeness (QED) is 0.748. The summed E-state index contributed by atoms with van der Waals surface area (Å²) in [5, 5.41) is 10.9. The zero-order valence-corrected chi connectivity index (χ0v) is 13.5. The highest BCUT2D eigenvalue weighted by Crippen LogP contribution is 2.61. The third-order valence-corrected chi connectivity index (χ3v) is 7.33. The van der Waals surface area contributed by atoms with Crippen molar-refractivity contribution in [3.05, 3.63) is 11.6 Å². The van der Waals surface area contributed by atoms with E-state index in [9.17, 15) is 14.7 Å². The first-order chi connectivity index (χ1) is 10.4. The fourth-order valence-corrected chi connectivity index (χ4v) is 6.41. The number of rotatable bonds is 0. The summed E-state index contributed by atoms with van der Waals surface area (Å²) in [5.74, 6) is 2.58. The number of carbonyl (C=O) groups is 2. The van der Waals surface area contributed by atoms with Crippen LogP contribution in [0.2, 0.25) is 0 Å². The SMILES string of the molecule is CC1CC2=CC(=O)CC[C@@H]2[C@@H]2[C@@H]1[C@@H]1CCC(=O)[C@@]1(C)C[C@H]2O. The standard InChI is InChI=1S/C19H26O3/c1-10-7-11-8-12(20)3-4-13(11)18-15(21)9-19(2)14(17(10)18)5-6-16(19)22/h8,10,13-15,17-18,21H,3-7,9H2,1-2H3/t10?,13-,14-,15+,17-,18-,19-/m0/s1. The maximum absolute atomic E-state index is 12.4. The summed E-state index contributed by atoms with van der Waals surface area (Å²) < 4.78 is 0. The van der Waals surface area contributed by atoms with Gasteiger partial charge >= 0.3 is 0 Å². The normalized spacial score (nSPS) is 51.0. The number of hydrogen-bond acceptors (Lipinski definition) is 3. The van der Waals surface area contributed by atoms with Crippen LogP contribution in [0, 0.1) is 35.0 Å². The molecule has 3 fully saturated rings. The second-order valence-electron chi connectivity index (χ2n) is 8.42. The second kappa shape index (κ2) is 4.77. The van der Waals surface area contributed by atoms with Gasteiger partial charge in [0, 0.05) is 18.3 Å². The molecule has 0 aliphatic heterocycles. The molecule has 0 bridgehead atoms. The van der Waals surface area contributed by atoms with Gasteiger partial charge in [0.05, 0.1) is 6.10 Å². The van der Waals surface area contributed by atoms with E-state index < -0.39 is 6.10 Å². The van der Waals surface area contributed by atoms with Gasteiger partial charge in [-0.3, -0.25) is 9.59 Å². The van der Waals surface area contributed by atoms with E-state index in [1.807, 2.05) is 6.08 Å². The predicted molar refractivity (Wildman–Crippen MR) is 83.0 cm³/mol. The van der Waals surface area contributed by atoms with Crippen LogP contribution in [0.5, 0.6) is 0 Å². The highest BCUT2D eigenvalue weighted by atomic mass is 16.3. The van der Waals surface area contributed by atoms with Crippen molar-refractivity contribution in [2.24, 2.45) is 35.0 Å². The Balaban J connectivity index is 1.74. The largest absolute Gasteiger partial charge is 0.393 e. The molecule has 0 saturated heterocycles. The Morgan fingerprint density at radius 1 is 1.18 bits per heavy atom. The van der Waals surface area contributed by atoms with Crippen molar-refractivity contribution in [1.29, 1.82) is 0 Å². The molecule has 1 N–H and O–H groups in total. The third-order valence-electron chi connectivity index (χ3n) is 7.33. The van der Waals surface area contributed by atoms with E-state index in [0.717, 1.165) is 19.3 Å². The molecule has 22 heavy (non-hydrogen) atoms. The summed E-state index contributed by atoms with van der Waals surface area (Å²) in [4.78, 5) is 24.2. The highest BCUT2D eigenvalue weighted by molar-refractivity contribution is 5.91. The molecule has 7 atom stereocenters. The molecular formula is C19H26O3. The molecule has 1 unspecified atom stereocenters. The van der Waals surface area contributed by atoms with Crippen molar-refractivity contribution in [1.82, 2.24) is 0 Å². The predicted octanol–water partition coefficient (Wildman–Crippen LogP) is 2.91. The maximum atomic E-state index is 12.4. The number of Topliss-reactive ketones (excluding diaryl/α,β-unsaturated/α-hetero) is 1. The smallest absolute Gasteiger partial charge is 0.155 e. The molecule has 4 aliphatic carbocycles. The summed E-state index contributed by atoms with van der Waals surface area (Å²) in [7, 11) is 0. The molecule has 0 spiro atoms. The van der Waals surface area contributed by atoms with Crippen LogP contribution in [0.1, 0.15) is 52.4 Å². The van der Waals surface area contributed by atoms with Crippen LogP contribution < -0.4 is 0 Å². The third kappa shape index (κ3) is 1.84. The lowest BCUT2D eigenvalue weighted by Gasteiger charge is -2.56. The molecule has 0 amide bonds. The monoisotopic (exact) mass is 302 g/mol. The van der Waals surface area contributed by atoms with E-state index >= 15 is 0 Å². The number of allylic oxidation sites excluding steroid dienone is 1. The Bertz CT molecular complexity index is 563. The molecule has 3 nitrogen and oxygen atoms in total. The van der Waals surface area contributed by atoms with Crippen LogP contribution in [0.25, 0.3) is 0 Å². The van der Waals surface area contributed by atoms with Gasteiger partial charge < -0.3 is 5.11 Å². The van der Waals surface area contributed by atoms with Crippen molar-refractivity contribution in [2.75, 3.05) is 0 Å². The maximum Gasteiger partial charge on any atom is 0.155 e. The number of hydrogen-bond donors (Lipinski definition) is 1. The zero-order chi connectivity index (χ0) is 15.6. The zero-order valence-electron chi connectivity index (χ0n) is 13.5. The summed E-state index contributed by atoms with van der Waals surface area (Å²) in [6.07, 6.45) is 6.28. The van der Waals surface area contributed by atoms with Gasteiger partial charge in [-0.1, -0.05) is 19.4 Å². The molecule has 0 heterocycles. The van der Waals surface area contributed by atoms with Crippen LogP contribution >= 0.6 is 0 Å². The van der Waals surface area contributed by atoms with E-state index in [2.05, 4.69) is 13.8 Å². The average molecular weight is 302 g/mol. The first-order valence-electron chi connectivity index (χ1n) is 8.86. The van der Waals surface area contributed by atoms with Gasteiger partial charge in [0.25, 0.3) is 0 Å². The number of fused-ring (bicyclic) bond motifs is 5. The minimum absolute atomic E-state index is 0.253. The average Bonchev–Trinajstić information content (AvgIpc) is 2.74. The van der Waals surface area contributed by atoms with Crippen molar-refractivity contribution < 1.29 is 14.7 Å². The van der Waals surface area contributed by atoms with Gasteiger partial charge in [0.15, 0.2) is 5.78 Å². The molecule has 0 aromatic heterocycles. The summed E-state index contributed by atoms with van der Waals surface area (Å²) in [6, 6.07) is 0. The summed E-state index contributed by atoms with van der Waals surface area (Å²) >= 11 is 0.